The van der Waals surface area contributed by atoms with Crippen molar-refractivity contribution in [2.75, 3.05) is 0 Å². The van der Waals surface area contributed by atoms with Crippen LogP contribution in [-0.2, 0) is 0 Å². The smallest absolute Gasteiger partial charge is 0.129 e. The highest BCUT2D eigenvalue weighted by Crippen LogP contribution is 2.26. The maximum atomic E-state index is 13.9. The second-order valence-electron chi connectivity index (χ2n) is 4.80. The first-order chi connectivity index (χ1) is 9.49. The number of rotatable bonds is 4. The van der Waals surface area contributed by atoms with Gasteiger partial charge in [-0.1, -0.05) is 51.8 Å². The Labute approximate surface area is 132 Å². The van der Waals surface area contributed by atoms with Crippen LogP contribution in [0.3, 0.4) is 0 Å². The lowest BCUT2D eigenvalue weighted by molar-refractivity contribution is 0.474. The summed E-state index contributed by atoms with van der Waals surface area (Å²) in [6.45, 7) is 3.97. The van der Waals surface area contributed by atoms with Gasteiger partial charge in [-0.15, -0.1) is 0 Å². The molecule has 0 spiro atoms. The Balaban J connectivity index is 2.15. The Bertz CT molecular complexity index is 603. The summed E-state index contributed by atoms with van der Waals surface area (Å²) in [6.07, 6.45) is 0. The molecule has 20 heavy (non-hydrogen) atoms. The highest BCUT2D eigenvalue weighted by molar-refractivity contribution is 9.10. The van der Waals surface area contributed by atoms with Gasteiger partial charge in [-0.05, 0) is 37.6 Å². The van der Waals surface area contributed by atoms with Gasteiger partial charge in [0.2, 0.25) is 0 Å². The van der Waals surface area contributed by atoms with Gasteiger partial charge < -0.3 is 5.32 Å². The van der Waals surface area contributed by atoms with Crippen LogP contribution in [-0.4, -0.2) is 0 Å². The summed E-state index contributed by atoms with van der Waals surface area (Å²) in [7, 11) is 0. The molecule has 106 valence electrons. The summed E-state index contributed by atoms with van der Waals surface area (Å²) in [5.74, 6) is -0.217. The standard InChI is InChI=1S/C16H16BrClFN/c1-10(13-5-3-4-6-15(13)18)20-11(2)14-8-7-12(17)9-16(14)19/h3-11,20H,1-2H3. The molecular formula is C16H16BrClFN. The molecule has 0 radical (unpaired) electrons. The molecule has 2 atom stereocenters. The maximum Gasteiger partial charge on any atom is 0.129 e. The molecule has 1 nitrogen and oxygen atoms in total. The van der Waals surface area contributed by atoms with Gasteiger partial charge in [-0.25, -0.2) is 4.39 Å². The molecule has 2 aromatic carbocycles. The van der Waals surface area contributed by atoms with Gasteiger partial charge in [0.25, 0.3) is 0 Å². The molecule has 0 amide bonds. The molecule has 0 fully saturated rings. The van der Waals surface area contributed by atoms with E-state index >= 15 is 0 Å². The zero-order valence-electron chi connectivity index (χ0n) is 11.3. The lowest BCUT2D eigenvalue weighted by Crippen LogP contribution is -2.23. The molecule has 2 rings (SSSR count). The van der Waals surface area contributed by atoms with E-state index in [1.807, 2.05) is 44.2 Å². The summed E-state index contributed by atoms with van der Waals surface area (Å²) in [6, 6.07) is 12.7. The summed E-state index contributed by atoms with van der Waals surface area (Å²) in [5, 5.41) is 4.09. The Hall–Kier alpha value is -0.900. The molecule has 0 saturated heterocycles. The van der Waals surface area contributed by atoms with Gasteiger partial charge in [0.1, 0.15) is 5.82 Å². The molecule has 0 bridgehead atoms. The first-order valence-electron chi connectivity index (χ1n) is 6.44. The van der Waals surface area contributed by atoms with Gasteiger partial charge >= 0.3 is 0 Å². The monoisotopic (exact) mass is 355 g/mol. The molecule has 0 aliphatic carbocycles. The first kappa shape index (κ1) is 15.5. The lowest BCUT2D eigenvalue weighted by atomic mass is 10.0. The van der Waals surface area contributed by atoms with E-state index in [2.05, 4.69) is 21.2 Å². The Morgan fingerprint density at radius 1 is 1.05 bits per heavy atom. The van der Waals surface area contributed by atoms with Crippen LogP contribution in [0.25, 0.3) is 0 Å². The molecular weight excluding hydrogens is 341 g/mol. The molecule has 0 aromatic heterocycles. The van der Waals surface area contributed by atoms with Crippen molar-refractivity contribution in [1.29, 1.82) is 0 Å². The third kappa shape index (κ3) is 3.60. The molecule has 0 aliphatic heterocycles. The molecule has 1 N–H and O–H groups in total. The predicted molar refractivity (Wildman–Crippen MR) is 85.5 cm³/mol. The number of halogens is 3. The Morgan fingerprint density at radius 2 is 1.70 bits per heavy atom. The van der Waals surface area contributed by atoms with E-state index in [4.69, 9.17) is 11.6 Å². The van der Waals surface area contributed by atoms with Gasteiger partial charge in [-0.3, -0.25) is 0 Å². The third-order valence-corrected chi connectivity index (χ3v) is 4.14. The van der Waals surface area contributed by atoms with Crippen LogP contribution in [0.5, 0.6) is 0 Å². The fourth-order valence-corrected chi connectivity index (χ4v) is 2.87. The van der Waals surface area contributed by atoms with Crippen molar-refractivity contribution >= 4 is 27.5 Å². The lowest BCUT2D eigenvalue weighted by Gasteiger charge is -2.22. The van der Waals surface area contributed by atoms with Gasteiger partial charge in [0.15, 0.2) is 0 Å². The van der Waals surface area contributed by atoms with Crippen molar-refractivity contribution in [2.24, 2.45) is 0 Å². The third-order valence-electron chi connectivity index (χ3n) is 3.30. The number of hydrogen-bond donors (Lipinski definition) is 1. The summed E-state index contributed by atoms with van der Waals surface area (Å²) >= 11 is 9.44. The fraction of sp³-hybridized carbons (Fsp3) is 0.250. The molecule has 4 heteroatoms. The SMILES string of the molecule is CC(NC(C)c1ccccc1Cl)c1ccc(Br)cc1F. The highest BCUT2D eigenvalue weighted by Gasteiger charge is 2.16. The second kappa shape index (κ2) is 6.70. The van der Waals surface area contributed by atoms with Crippen molar-refractivity contribution in [3.63, 3.8) is 0 Å². The number of nitrogens with one attached hydrogen (secondary N) is 1. The molecule has 0 saturated carbocycles. The average Bonchev–Trinajstić information content (AvgIpc) is 2.38. The van der Waals surface area contributed by atoms with Crippen molar-refractivity contribution in [2.45, 2.75) is 25.9 Å². The van der Waals surface area contributed by atoms with Crippen molar-refractivity contribution in [1.82, 2.24) is 5.32 Å². The largest absolute Gasteiger partial charge is 0.303 e. The van der Waals surface area contributed by atoms with Crippen LogP contribution in [0.2, 0.25) is 5.02 Å². The zero-order chi connectivity index (χ0) is 14.7. The van der Waals surface area contributed by atoms with Crippen LogP contribution in [0, 0.1) is 5.82 Å². The summed E-state index contributed by atoms with van der Waals surface area (Å²) in [4.78, 5) is 0. The van der Waals surface area contributed by atoms with Crippen LogP contribution in [0.4, 0.5) is 4.39 Å². The van der Waals surface area contributed by atoms with E-state index in [1.165, 1.54) is 6.07 Å². The molecule has 2 unspecified atom stereocenters. The minimum Gasteiger partial charge on any atom is -0.303 e. The van der Waals surface area contributed by atoms with Crippen LogP contribution in [0.15, 0.2) is 46.9 Å². The van der Waals surface area contributed by atoms with Gasteiger partial charge in [0, 0.05) is 27.1 Å². The zero-order valence-corrected chi connectivity index (χ0v) is 13.7. The van der Waals surface area contributed by atoms with E-state index < -0.39 is 0 Å². The minimum atomic E-state index is -0.217. The second-order valence-corrected chi connectivity index (χ2v) is 6.12. The molecule has 0 aliphatic rings. The normalized spacial score (nSPS) is 14.1. The van der Waals surface area contributed by atoms with E-state index in [1.54, 1.807) is 6.07 Å². The van der Waals surface area contributed by atoms with Crippen LogP contribution >= 0.6 is 27.5 Å². The predicted octanol–water partition coefficient (Wildman–Crippen LogP) is 5.65. The van der Waals surface area contributed by atoms with Crippen molar-refractivity contribution < 1.29 is 4.39 Å². The van der Waals surface area contributed by atoms with Crippen LogP contribution < -0.4 is 5.32 Å². The average molecular weight is 357 g/mol. The molecule has 0 heterocycles. The highest BCUT2D eigenvalue weighted by atomic mass is 79.9. The Kier molecular flexibility index (Phi) is 5.19. The fourth-order valence-electron chi connectivity index (χ4n) is 2.23. The molecule has 2 aromatic rings. The number of benzene rings is 2. The summed E-state index contributed by atoms with van der Waals surface area (Å²) in [5.41, 5.74) is 1.66. The topological polar surface area (TPSA) is 12.0 Å². The van der Waals surface area contributed by atoms with Crippen molar-refractivity contribution in [3.8, 4) is 0 Å². The first-order valence-corrected chi connectivity index (χ1v) is 7.61. The number of hydrogen-bond acceptors (Lipinski definition) is 1. The van der Waals surface area contributed by atoms with E-state index in [-0.39, 0.29) is 17.9 Å². The van der Waals surface area contributed by atoms with E-state index in [0.29, 0.717) is 5.56 Å². The minimum absolute atomic E-state index is 0.0433. The maximum absolute atomic E-state index is 13.9. The van der Waals surface area contributed by atoms with Gasteiger partial charge in [-0.2, -0.15) is 0 Å². The van der Waals surface area contributed by atoms with Crippen molar-refractivity contribution in [3.05, 3.63) is 68.9 Å². The van der Waals surface area contributed by atoms with Gasteiger partial charge in [0.05, 0.1) is 0 Å². The Morgan fingerprint density at radius 3 is 2.35 bits per heavy atom. The quantitative estimate of drug-likeness (QED) is 0.746. The van der Waals surface area contributed by atoms with E-state index in [0.717, 1.165) is 15.1 Å². The van der Waals surface area contributed by atoms with Crippen LogP contribution in [0.1, 0.15) is 37.1 Å². The van der Waals surface area contributed by atoms with E-state index in [9.17, 15) is 4.39 Å². The summed E-state index contributed by atoms with van der Waals surface area (Å²) < 4.78 is 14.7.